The quantitative estimate of drug-likeness (QED) is 0.588. The van der Waals surface area contributed by atoms with Crippen LogP contribution in [0.4, 0.5) is 0 Å². The number of carboxylic acid groups (broad SMARTS) is 1. The Hall–Kier alpha value is -3.27. The fourth-order valence-electron chi connectivity index (χ4n) is 3.68. The molecule has 0 fully saturated rings. The lowest BCUT2D eigenvalue weighted by molar-refractivity contribution is -0.137. The van der Waals surface area contributed by atoms with E-state index in [1.54, 1.807) is 0 Å². The Morgan fingerprint density at radius 3 is 2.57 bits per heavy atom. The Morgan fingerprint density at radius 2 is 1.75 bits per heavy atom. The molecule has 4 nitrogen and oxygen atoms in total. The van der Waals surface area contributed by atoms with E-state index < -0.39 is 5.97 Å². The highest BCUT2D eigenvalue weighted by atomic mass is 16.5. The number of hydrogen-bond donors (Lipinski definition) is 1. The molecule has 0 bridgehead atoms. The van der Waals surface area contributed by atoms with Crippen LogP contribution in [0.3, 0.4) is 0 Å². The van der Waals surface area contributed by atoms with E-state index >= 15 is 0 Å². The molecule has 0 aliphatic heterocycles. The van der Waals surface area contributed by atoms with E-state index in [2.05, 4.69) is 0 Å². The summed E-state index contributed by atoms with van der Waals surface area (Å²) in [5, 5.41) is 9.04. The first-order chi connectivity index (χ1) is 13.7. The van der Waals surface area contributed by atoms with Crippen LogP contribution in [0.2, 0.25) is 0 Å². The molecule has 3 aromatic carbocycles. The third kappa shape index (κ3) is 4.34. The van der Waals surface area contributed by atoms with Crippen LogP contribution in [-0.2, 0) is 17.8 Å². The topological polar surface area (TPSA) is 55.8 Å². The van der Waals surface area contributed by atoms with E-state index in [1.165, 1.54) is 5.56 Å². The summed E-state index contributed by atoms with van der Waals surface area (Å²) in [6, 6.07) is 23.5. The number of aliphatic carboxylic acids is 1. The van der Waals surface area contributed by atoms with Gasteiger partial charge in [0.1, 0.15) is 23.9 Å². The van der Waals surface area contributed by atoms with Gasteiger partial charge in [-0.25, -0.2) is 0 Å². The molecule has 0 radical (unpaired) electrons. The smallest absolute Gasteiger partial charge is 0.303 e. The summed E-state index contributed by atoms with van der Waals surface area (Å²) >= 11 is 0. The van der Waals surface area contributed by atoms with Gasteiger partial charge in [-0.2, -0.15) is 0 Å². The lowest BCUT2D eigenvalue weighted by Gasteiger charge is -2.12. The standard InChI is InChI=1S/C24H22O4/c25-24(26)15-19-10-9-18-14-21(11-12-23(18)19)27-16-17-5-4-8-22(13-17)28-20-6-2-1-3-7-20/h1-8,11-14,19H,9-10,15-16H2,(H,25,26). The van der Waals surface area contributed by atoms with Crippen molar-refractivity contribution in [3.8, 4) is 17.2 Å². The van der Waals surface area contributed by atoms with E-state index in [9.17, 15) is 4.79 Å². The lowest BCUT2D eigenvalue weighted by Crippen LogP contribution is -2.03. The first-order valence-corrected chi connectivity index (χ1v) is 9.46. The average Bonchev–Trinajstić information content (AvgIpc) is 3.09. The Labute approximate surface area is 164 Å². The van der Waals surface area contributed by atoms with E-state index in [0.29, 0.717) is 6.61 Å². The van der Waals surface area contributed by atoms with Gasteiger partial charge >= 0.3 is 5.97 Å². The van der Waals surface area contributed by atoms with Crippen molar-refractivity contribution in [1.29, 1.82) is 0 Å². The fraction of sp³-hybridized carbons (Fsp3) is 0.208. The Kier molecular flexibility index (Phi) is 5.29. The fourth-order valence-corrected chi connectivity index (χ4v) is 3.68. The number of fused-ring (bicyclic) bond motifs is 1. The lowest BCUT2D eigenvalue weighted by atomic mass is 9.98. The van der Waals surface area contributed by atoms with Gasteiger partial charge in [-0.3, -0.25) is 4.79 Å². The van der Waals surface area contributed by atoms with Gasteiger partial charge in [-0.05, 0) is 71.8 Å². The van der Waals surface area contributed by atoms with Gasteiger partial charge in [0.05, 0.1) is 6.42 Å². The molecule has 0 aromatic heterocycles. The highest BCUT2D eigenvalue weighted by molar-refractivity contribution is 5.68. The molecule has 28 heavy (non-hydrogen) atoms. The van der Waals surface area contributed by atoms with Crippen LogP contribution >= 0.6 is 0 Å². The molecule has 0 heterocycles. The van der Waals surface area contributed by atoms with Gasteiger partial charge in [-0.15, -0.1) is 0 Å². The number of benzene rings is 3. The molecule has 1 unspecified atom stereocenters. The predicted octanol–water partition coefficient (Wildman–Crippen LogP) is 5.56. The zero-order valence-corrected chi connectivity index (χ0v) is 15.5. The number of para-hydroxylation sites is 1. The minimum atomic E-state index is -0.740. The number of carboxylic acids is 1. The van der Waals surface area contributed by atoms with Crippen LogP contribution in [0.15, 0.2) is 72.8 Å². The minimum Gasteiger partial charge on any atom is -0.489 e. The molecule has 4 rings (SSSR count). The van der Waals surface area contributed by atoms with Gasteiger partial charge in [0.25, 0.3) is 0 Å². The first-order valence-electron chi connectivity index (χ1n) is 9.46. The van der Waals surface area contributed by atoms with Crippen molar-refractivity contribution in [3.63, 3.8) is 0 Å². The number of rotatable bonds is 7. The Morgan fingerprint density at radius 1 is 0.929 bits per heavy atom. The summed E-state index contributed by atoms with van der Waals surface area (Å²) in [7, 11) is 0. The second kappa shape index (κ2) is 8.17. The van der Waals surface area contributed by atoms with Gasteiger partial charge in [0, 0.05) is 0 Å². The maximum Gasteiger partial charge on any atom is 0.303 e. The van der Waals surface area contributed by atoms with Crippen LogP contribution in [0, 0.1) is 0 Å². The van der Waals surface area contributed by atoms with Crippen molar-refractivity contribution in [2.75, 3.05) is 0 Å². The van der Waals surface area contributed by atoms with Crippen molar-refractivity contribution in [3.05, 3.63) is 89.5 Å². The molecular formula is C24H22O4. The summed E-state index contributed by atoms with van der Waals surface area (Å²) in [6.45, 7) is 0.448. The maximum atomic E-state index is 11.0. The highest BCUT2D eigenvalue weighted by Crippen LogP contribution is 2.37. The summed E-state index contributed by atoms with van der Waals surface area (Å²) in [5.74, 6) is 1.76. The Bertz CT molecular complexity index is 965. The average molecular weight is 374 g/mol. The Balaban J connectivity index is 1.40. The molecule has 3 aromatic rings. The molecule has 1 aliphatic carbocycles. The maximum absolute atomic E-state index is 11.0. The SMILES string of the molecule is O=C(O)CC1CCc2cc(OCc3cccc(Oc4ccccc4)c3)ccc21. The van der Waals surface area contributed by atoms with Crippen LogP contribution in [0.25, 0.3) is 0 Å². The summed E-state index contributed by atoms with van der Waals surface area (Å²) < 4.78 is 11.8. The third-order valence-electron chi connectivity index (χ3n) is 5.02. The molecule has 1 aliphatic rings. The molecule has 1 N–H and O–H groups in total. The molecule has 0 saturated heterocycles. The molecular weight excluding hydrogens is 352 g/mol. The van der Waals surface area contributed by atoms with Crippen LogP contribution in [0.5, 0.6) is 17.2 Å². The van der Waals surface area contributed by atoms with E-state index in [4.69, 9.17) is 14.6 Å². The van der Waals surface area contributed by atoms with Gasteiger partial charge in [-0.1, -0.05) is 36.4 Å². The predicted molar refractivity (Wildman–Crippen MR) is 107 cm³/mol. The molecule has 142 valence electrons. The van der Waals surface area contributed by atoms with E-state index in [0.717, 1.165) is 41.2 Å². The summed E-state index contributed by atoms with van der Waals surface area (Å²) in [4.78, 5) is 11.0. The number of aryl methyl sites for hydroxylation is 1. The molecule has 0 spiro atoms. The van der Waals surface area contributed by atoms with Crippen molar-refractivity contribution in [2.45, 2.75) is 31.8 Å². The summed E-state index contributed by atoms with van der Waals surface area (Å²) in [5.41, 5.74) is 3.37. The van der Waals surface area contributed by atoms with Crippen molar-refractivity contribution in [1.82, 2.24) is 0 Å². The van der Waals surface area contributed by atoms with Crippen LogP contribution < -0.4 is 9.47 Å². The minimum absolute atomic E-state index is 0.119. The van der Waals surface area contributed by atoms with E-state index in [-0.39, 0.29) is 12.3 Å². The van der Waals surface area contributed by atoms with Gasteiger partial charge in [0.2, 0.25) is 0 Å². The number of carbonyl (C=O) groups is 1. The normalized spacial score (nSPS) is 15.1. The van der Waals surface area contributed by atoms with Crippen molar-refractivity contribution >= 4 is 5.97 Å². The second-order valence-electron chi connectivity index (χ2n) is 7.05. The first kappa shape index (κ1) is 18.1. The third-order valence-corrected chi connectivity index (χ3v) is 5.02. The second-order valence-corrected chi connectivity index (χ2v) is 7.05. The van der Waals surface area contributed by atoms with Gasteiger partial charge < -0.3 is 14.6 Å². The molecule has 1 atom stereocenters. The van der Waals surface area contributed by atoms with Crippen molar-refractivity contribution in [2.24, 2.45) is 0 Å². The summed E-state index contributed by atoms with van der Waals surface area (Å²) in [6.07, 6.45) is 2.00. The number of hydrogen-bond acceptors (Lipinski definition) is 3. The molecule has 0 saturated carbocycles. The largest absolute Gasteiger partial charge is 0.489 e. The van der Waals surface area contributed by atoms with Crippen LogP contribution in [0.1, 0.15) is 35.4 Å². The number of ether oxygens (including phenoxy) is 2. The molecule has 0 amide bonds. The zero-order chi connectivity index (χ0) is 19.3. The zero-order valence-electron chi connectivity index (χ0n) is 15.5. The highest BCUT2D eigenvalue weighted by Gasteiger charge is 2.24. The monoisotopic (exact) mass is 374 g/mol. The van der Waals surface area contributed by atoms with Crippen molar-refractivity contribution < 1.29 is 19.4 Å². The molecule has 4 heteroatoms. The van der Waals surface area contributed by atoms with Crippen LogP contribution in [-0.4, -0.2) is 11.1 Å². The van der Waals surface area contributed by atoms with Gasteiger partial charge in [0.15, 0.2) is 0 Å². The van der Waals surface area contributed by atoms with E-state index in [1.807, 2.05) is 72.8 Å².